The molecular formula is C7H3BrClF3Zn. The fourth-order valence-corrected chi connectivity index (χ4v) is 0.774. The maximum absolute atomic E-state index is 11.9. The first kappa shape index (κ1) is 13.4. The van der Waals surface area contributed by atoms with E-state index in [1.165, 1.54) is 22.4 Å². The van der Waals surface area contributed by atoms with Gasteiger partial charge in [-0.05, 0) is 0 Å². The van der Waals surface area contributed by atoms with Gasteiger partial charge in [-0.3, -0.25) is 0 Å². The van der Waals surface area contributed by atoms with Gasteiger partial charge in [0.25, 0.3) is 0 Å². The molecule has 0 aromatic heterocycles. The molecule has 6 heteroatoms. The topological polar surface area (TPSA) is 0 Å². The van der Waals surface area contributed by atoms with Gasteiger partial charge >= 0.3 is 36.1 Å². The van der Waals surface area contributed by atoms with E-state index in [1.54, 1.807) is 0 Å². The van der Waals surface area contributed by atoms with E-state index in [4.69, 9.17) is 11.6 Å². The normalized spacial score (nSPS) is 10.4. The van der Waals surface area contributed by atoms with Crippen molar-refractivity contribution in [2.45, 2.75) is 6.18 Å². The SMILES string of the molecule is FC(F)(F)c1[c-]ccc(Cl)c1.[Zn+][Br]. The third kappa shape index (κ3) is 4.99. The minimum absolute atomic E-state index is 0.0658. The van der Waals surface area contributed by atoms with E-state index in [9.17, 15) is 13.2 Å². The van der Waals surface area contributed by atoms with Crippen molar-refractivity contribution in [3.8, 4) is 0 Å². The molecule has 0 aliphatic carbocycles. The first-order chi connectivity index (χ1) is 6.00. The molecule has 1 rings (SSSR count). The summed E-state index contributed by atoms with van der Waals surface area (Å²) in [6.07, 6.45) is -4.36. The molecule has 0 saturated carbocycles. The Bertz CT molecular complexity index is 264. The van der Waals surface area contributed by atoms with E-state index in [0.717, 1.165) is 12.1 Å². The van der Waals surface area contributed by atoms with Crippen LogP contribution in [0.3, 0.4) is 0 Å². The summed E-state index contributed by atoms with van der Waals surface area (Å²) >= 11 is 9.58. The molecule has 0 aliphatic rings. The molecule has 0 spiro atoms. The minimum atomic E-state index is -4.36. The van der Waals surface area contributed by atoms with E-state index in [2.05, 4.69) is 13.6 Å². The predicted octanol–water partition coefficient (Wildman–Crippen LogP) is 4.00. The van der Waals surface area contributed by atoms with Gasteiger partial charge in [-0.1, -0.05) is 10.6 Å². The Kier molecular flexibility index (Phi) is 6.18. The standard InChI is InChI=1S/C7H3ClF3.BrH.Zn/c8-6-3-1-2-5(4-6)7(9,10)11;;/h1,3-4H;1H;/q-1;;+2/p-1. The first-order valence-corrected chi connectivity index (χ1v) is 10.3. The molecule has 0 fully saturated rings. The second kappa shape index (κ2) is 5.99. The molecule has 0 heterocycles. The molecule has 0 nitrogen and oxygen atoms in total. The van der Waals surface area contributed by atoms with Crippen molar-refractivity contribution < 1.29 is 29.5 Å². The summed E-state index contributed by atoms with van der Waals surface area (Å²) in [4.78, 5) is 0. The third-order valence-corrected chi connectivity index (χ3v) is 1.30. The summed E-state index contributed by atoms with van der Waals surface area (Å²) in [5.74, 6) is 0. The fourth-order valence-electron chi connectivity index (χ4n) is 0.602. The summed E-state index contributed by atoms with van der Waals surface area (Å²) in [5, 5.41) is 0.0658. The summed E-state index contributed by atoms with van der Waals surface area (Å²) in [5.41, 5.74) is -0.843. The average Bonchev–Trinajstić information content (AvgIpc) is 2.06. The Hall–Kier alpha value is 0.403. The molecule has 0 radical (unpaired) electrons. The summed E-state index contributed by atoms with van der Waals surface area (Å²) < 4.78 is 35.6. The van der Waals surface area contributed by atoms with Crippen LogP contribution < -0.4 is 0 Å². The Morgan fingerprint density at radius 2 is 1.92 bits per heavy atom. The van der Waals surface area contributed by atoms with E-state index in [1.807, 2.05) is 6.07 Å². The molecule has 0 atom stereocenters. The molecule has 0 N–H and O–H groups in total. The van der Waals surface area contributed by atoms with Gasteiger partial charge < -0.3 is 0 Å². The average molecular weight is 325 g/mol. The number of benzene rings is 1. The van der Waals surface area contributed by atoms with Gasteiger partial charge in [0.15, 0.2) is 0 Å². The number of hydrogen-bond donors (Lipinski definition) is 0. The zero-order valence-electron chi connectivity index (χ0n) is 6.33. The molecule has 0 aliphatic heterocycles. The Balaban J connectivity index is 0.000000671. The number of alkyl halides is 3. The summed E-state index contributed by atoms with van der Waals surface area (Å²) in [7, 11) is 0. The fraction of sp³-hybridized carbons (Fsp3) is 0.143. The van der Waals surface area contributed by atoms with Gasteiger partial charge in [0.2, 0.25) is 0 Å². The van der Waals surface area contributed by atoms with Crippen LogP contribution in [-0.2, 0) is 22.5 Å². The van der Waals surface area contributed by atoms with Crippen molar-refractivity contribution in [1.82, 2.24) is 0 Å². The predicted molar refractivity (Wildman–Crippen MR) is 44.2 cm³/mol. The molecule has 0 amide bonds. The molecule has 0 saturated heterocycles. The molecule has 13 heavy (non-hydrogen) atoms. The van der Waals surface area contributed by atoms with Crippen LogP contribution in [0, 0.1) is 6.07 Å². The first-order valence-electron chi connectivity index (χ1n) is 3.01. The van der Waals surface area contributed by atoms with Crippen LogP contribution in [0.5, 0.6) is 0 Å². The van der Waals surface area contributed by atoms with Crippen LogP contribution in [0.2, 0.25) is 5.02 Å². The van der Waals surface area contributed by atoms with Crippen LogP contribution in [0.4, 0.5) is 13.2 Å². The molecule has 1 aromatic rings. The monoisotopic (exact) mass is 322 g/mol. The summed E-state index contributed by atoms with van der Waals surface area (Å²) in [6.45, 7) is 0. The second-order valence-corrected chi connectivity index (χ2v) is 2.35. The van der Waals surface area contributed by atoms with E-state index in [0.29, 0.717) is 0 Å². The summed E-state index contributed by atoms with van der Waals surface area (Å²) in [6, 6.07) is 5.36. The Morgan fingerprint density at radius 3 is 2.23 bits per heavy atom. The van der Waals surface area contributed by atoms with Crippen LogP contribution in [-0.4, -0.2) is 0 Å². The van der Waals surface area contributed by atoms with E-state index in [-0.39, 0.29) is 5.02 Å². The van der Waals surface area contributed by atoms with E-state index >= 15 is 0 Å². The van der Waals surface area contributed by atoms with Crippen LogP contribution in [0.15, 0.2) is 18.2 Å². The number of rotatable bonds is 0. The van der Waals surface area contributed by atoms with Crippen molar-refractivity contribution in [2.75, 3.05) is 0 Å². The van der Waals surface area contributed by atoms with Gasteiger partial charge in [-0.25, -0.2) is 0 Å². The number of hydrogen-bond acceptors (Lipinski definition) is 0. The quantitative estimate of drug-likeness (QED) is 0.500. The van der Waals surface area contributed by atoms with Gasteiger partial charge in [0.1, 0.15) is 0 Å². The van der Waals surface area contributed by atoms with Crippen molar-refractivity contribution in [3.63, 3.8) is 0 Å². The zero-order chi connectivity index (χ0) is 10.5. The van der Waals surface area contributed by atoms with Gasteiger partial charge in [0.05, 0.1) is 0 Å². The van der Waals surface area contributed by atoms with Crippen LogP contribution in [0.1, 0.15) is 5.56 Å². The zero-order valence-corrected chi connectivity index (χ0v) is 11.6. The van der Waals surface area contributed by atoms with Gasteiger partial charge in [-0.15, -0.1) is 17.7 Å². The van der Waals surface area contributed by atoms with Crippen LogP contribution >= 0.6 is 25.2 Å². The Labute approximate surface area is 95.5 Å². The molecule has 0 bridgehead atoms. The Morgan fingerprint density at radius 1 is 1.38 bits per heavy atom. The van der Waals surface area contributed by atoms with Crippen LogP contribution in [0.25, 0.3) is 0 Å². The van der Waals surface area contributed by atoms with Crippen molar-refractivity contribution in [1.29, 1.82) is 0 Å². The number of halogens is 5. The second-order valence-electron chi connectivity index (χ2n) is 1.92. The van der Waals surface area contributed by atoms with E-state index < -0.39 is 11.7 Å². The van der Waals surface area contributed by atoms with Gasteiger partial charge in [0, 0.05) is 0 Å². The van der Waals surface area contributed by atoms with Crippen molar-refractivity contribution in [3.05, 3.63) is 34.9 Å². The molecular weight excluding hydrogens is 322 g/mol. The molecule has 0 unspecified atom stereocenters. The third-order valence-electron chi connectivity index (χ3n) is 1.07. The van der Waals surface area contributed by atoms with Gasteiger partial charge in [-0.2, -0.15) is 31.4 Å². The molecule has 1 aromatic carbocycles. The maximum atomic E-state index is 11.9. The van der Waals surface area contributed by atoms with Crippen molar-refractivity contribution >= 4 is 25.2 Å². The molecule has 68 valence electrons. The van der Waals surface area contributed by atoms with Crippen molar-refractivity contribution in [2.24, 2.45) is 0 Å².